The van der Waals surface area contributed by atoms with E-state index < -0.39 is 0 Å². The fourth-order valence-electron chi connectivity index (χ4n) is 1.19. The van der Waals surface area contributed by atoms with Crippen molar-refractivity contribution in [3.8, 4) is 0 Å². The van der Waals surface area contributed by atoms with Gasteiger partial charge in [0.1, 0.15) is 0 Å². The topological polar surface area (TPSA) is 26.3 Å². The Hall–Kier alpha value is -1.09. The van der Waals surface area contributed by atoms with E-state index in [1.165, 1.54) is 11.0 Å². The Balaban J connectivity index is 2.69. The van der Waals surface area contributed by atoms with E-state index in [1.807, 2.05) is 6.07 Å². The van der Waals surface area contributed by atoms with Gasteiger partial charge in [-0.05, 0) is 30.5 Å². The Labute approximate surface area is 101 Å². The van der Waals surface area contributed by atoms with Crippen molar-refractivity contribution in [3.63, 3.8) is 0 Å². The van der Waals surface area contributed by atoms with E-state index in [1.54, 1.807) is 24.3 Å². The zero-order valence-electron chi connectivity index (χ0n) is 10.2. The van der Waals surface area contributed by atoms with E-state index in [2.05, 4.69) is 26.8 Å². The van der Waals surface area contributed by atoms with Gasteiger partial charge in [-0.1, -0.05) is 20.8 Å². The summed E-state index contributed by atoms with van der Waals surface area (Å²) in [5.74, 6) is -0.284. The van der Waals surface area contributed by atoms with Gasteiger partial charge in [0.05, 0.1) is 6.61 Å². The molecule has 0 unspecified atom stereocenters. The van der Waals surface area contributed by atoms with Crippen LogP contribution in [-0.2, 0) is 14.9 Å². The predicted octanol–water partition coefficient (Wildman–Crippen LogP) is 3.62. The van der Waals surface area contributed by atoms with Gasteiger partial charge in [0.15, 0.2) is 0 Å². The van der Waals surface area contributed by atoms with Crippen molar-refractivity contribution in [1.82, 2.24) is 0 Å². The maximum absolute atomic E-state index is 11.1. The van der Waals surface area contributed by atoms with Crippen LogP contribution in [0.2, 0.25) is 0 Å². The van der Waals surface area contributed by atoms with Crippen LogP contribution < -0.4 is 0 Å². The second-order valence-corrected chi connectivity index (χ2v) is 5.65. The Morgan fingerprint density at radius 1 is 1.44 bits per heavy atom. The van der Waals surface area contributed by atoms with Gasteiger partial charge >= 0.3 is 5.97 Å². The van der Waals surface area contributed by atoms with E-state index in [0.29, 0.717) is 6.61 Å². The molecule has 0 atom stereocenters. The molecule has 88 valence electrons. The molecular formula is C13H18O2S. The average Bonchev–Trinajstić information content (AvgIpc) is 2.63. The number of hydrogen-bond donors (Lipinski definition) is 0. The summed E-state index contributed by atoms with van der Waals surface area (Å²) in [5, 5.41) is 0. The minimum Gasteiger partial charge on any atom is -0.463 e. The molecule has 1 aromatic rings. The van der Waals surface area contributed by atoms with Gasteiger partial charge in [-0.3, -0.25) is 0 Å². The van der Waals surface area contributed by atoms with Gasteiger partial charge in [-0.2, -0.15) is 0 Å². The molecule has 0 radical (unpaired) electrons. The highest BCUT2D eigenvalue weighted by Gasteiger charge is 2.15. The van der Waals surface area contributed by atoms with Crippen LogP contribution in [0.4, 0.5) is 0 Å². The maximum atomic E-state index is 11.1. The van der Waals surface area contributed by atoms with Crippen LogP contribution in [0.1, 0.15) is 37.4 Å². The first-order valence-corrected chi connectivity index (χ1v) is 6.20. The van der Waals surface area contributed by atoms with Gasteiger partial charge in [0.25, 0.3) is 0 Å². The molecule has 0 aromatic carbocycles. The number of ether oxygens (including phenoxy) is 1. The van der Waals surface area contributed by atoms with Crippen LogP contribution >= 0.6 is 11.3 Å². The standard InChI is InChI=1S/C13H18O2S/c1-5-15-12(14)9-7-10-6-8-11(16-10)13(2,3)4/h6-9H,5H2,1-4H3. The molecule has 1 rings (SSSR count). The normalized spacial score (nSPS) is 12.0. The first kappa shape index (κ1) is 13.0. The maximum Gasteiger partial charge on any atom is 0.330 e. The molecule has 0 amide bonds. The molecule has 0 spiro atoms. The lowest BCUT2D eigenvalue weighted by Gasteiger charge is -2.15. The molecule has 0 aliphatic rings. The molecule has 0 aliphatic heterocycles. The summed E-state index contributed by atoms with van der Waals surface area (Å²) in [6, 6.07) is 4.14. The highest BCUT2D eigenvalue weighted by molar-refractivity contribution is 7.13. The van der Waals surface area contributed by atoms with Crippen molar-refractivity contribution in [2.75, 3.05) is 6.61 Å². The van der Waals surface area contributed by atoms with Crippen LogP contribution in [-0.4, -0.2) is 12.6 Å². The summed E-state index contributed by atoms with van der Waals surface area (Å²) in [6.07, 6.45) is 3.28. The van der Waals surface area contributed by atoms with Gasteiger partial charge < -0.3 is 4.74 Å². The van der Waals surface area contributed by atoms with Gasteiger partial charge in [-0.15, -0.1) is 11.3 Å². The highest BCUT2D eigenvalue weighted by Crippen LogP contribution is 2.29. The van der Waals surface area contributed by atoms with Crippen molar-refractivity contribution in [2.45, 2.75) is 33.1 Å². The summed E-state index contributed by atoms with van der Waals surface area (Å²) < 4.78 is 4.82. The first-order valence-electron chi connectivity index (χ1n) is 5.38. The lowest BCUT2D eigenvalue weighted by atomic mass is 9.95. The quantitative estimate of drug-likeness (QED) is 0.594. The fourth-order valence-corrected chi connectivity index (χ4v) is 2.15. The predicted molar refractivity (Wildman–Crippen MR) is 68.7 cm³/mol. The second-order valence-electron chi connectivity index (χ2n) is 4.54. The lowest BCUT2D eigenvalue weighted by molar-refractivity contribution is -0.137. The number of esters is 1. The molecule has 3 heteroatoms. The number of rotatable bonds is 3. The molecule has 1 heterocycles. The molecule has 1 aromatic heterocycles. The first-order chi connectivity index (χ1) is 7.43. The molecule has 0 aliphatic carbocycles. The fraction of sp³-hybridized carbons (Fsp3) is 0.462. The number of hydrogen-bond acceptors (Lipinski definition) is 3. The summed E-state index contributed by atoms with van der Waals surface area (Å²) in [6.45, 7) is 8.75. The minimum atomic E-state index is -0.284. The third kappa shape index (κ3) is 3.81. The Morgan fingerprint density at radius 2 is 2.12 bits per heavy atom. The highest BCUT2D eigenvalue weighted by atomic mass is 32.1. The zero-order valence-corrected chi connectivity index (χ0v) is 11.1. The SMILES string of the molecule is CCOC(=O)C=Cc1ccc(C(C)(C)C)s1. The van der Waals surface area contributed by atoms with E-state index in [9.17, 15) is 4.79 Å². The van der Waals surface area contributed by atoms with Crippen LogP contribution in [0.15, 0.2) is 18.2 Å². The van der Waals surface area contributed by atoms with Crippen molar-refractivity contribution in [2.24, 2.45) is 0 Å². The molecule has 0 saturated carbocycles. The third-order valence-electron chi connectivity index (χ3n) is 2.04. The summed E-state index contributed by atoms with van der Waals surface area (Å²) >= 11 is 1.71. The zero-order chi connectivity index (χ0) is 12.2. The molecule has 0 bridgehead atoms. The van der Waals surface area contributed by atoms with Crippen LogP contribution in [0.25, 0.3) is 6.08 Å². The van der Waals surface area contributed by atoms with Crippen molar-refractivity contribution >= 4 is 23.4 Å². The largest absolute Gasteiger partial charge is 0.463 e. The summed E-state index contributed by atoms with van der Waals surface area (Å²) in [5.41, 5.74) is 0.167. The number of carbonyl (C=O) groups is 1. The van der Waals surface area contributed by atoms with Crippen molar-refractivity contribution in [3.05, 3.63) is 28.0 Å². The van der Waals surface area contributed by atoms with Gasteiger partial charge in [0.2, 0.25) is 0 Å². The molecule has 2 nitrogen and oxygen atoms in total. The van der Waals surface area contributed by atoms with Crippen molar-refractivity contribution in [1.29, 1.82) is 0 Å². The minimum absolute atomic E-state index is 0.167. The van der Waals surface area contributed by atoms with E-state index in [4.69, 9.17) is 4.74 Å². The molecule has 0 saturated heterocycles. The lowest BCUT2D eigenvalue weighted by Crippen LogP contribution is -2.07. The third-order valence-corrected chi connectivity index (χ3v) is 3.51. The van der Waals surface area contributed by atoms with E-state index in [-0.39, 0.29) is 11.4 Å². The van der Waals surface area contributed by atoms with E-state index in [0.717, 1.165) is 4.88 Å². The summed E-state index contributed by atoms with van der Waals surface area (Å²) in [7, 11) is 0. The summed E-state index contributed by atoms with van der Waals surface area (Å²) in [4.78, 5) is 13.5. The Kier molecular flexibility index (Phi) is 4.30. The molecule has 0 fully saturated rings. The van der Waals surface area contributed by atoms with Crippen LogP contribution in [0, 0.1) is 0 Å². The van der Waals surface area contributed by atoms with E-state index >= 15 is 0 Å². The Bertz CT molecular complexity index is 383. The second kappa shape index (κ2) is 5.30. The Morgan fingerprint density at radius 3 is 2.62 bits per heavy atom. The molecule has 16 heavy (non-hydrogen) atoms. The molecular weight excluding hydrogens is 220 g/mol. The number of carbonyl (C=O) groups excluding carboxylic acids is 1. The number of thiophene rings is 1. The van der Waals surface area contributed by atoms with Gasteiger partial charge in [-0.25, -0.2) is 4.79 Å². The monoisotopic (exact) mass is 238 g/mol. The molecule has 0 N–H and O–H groups in total. The average molecular weight is 238 g/mol. The van der Waals surface area contributed by atoms with Crippen molar-refractivity contribution < 1.29 is 9.53 Å². The smallest absolute Gasteiger partial charge is 0.330 e. The van der Waals surface area contributed by atoms with Crippen LogP contribution in [0.5, 0.6) is 0 Å². The van der Waals surface area contributed by atoms with Gasteiger partial charge in [0, 0.05) is 15.8 Å². The van der Waals surface area contributed by atoms with Crippen LogP contribution in [0.3, 0.4) is 0 Å².